The maximum Gasteiger partial charge on any atom is 0.350 e. The summed E-state index contributed by atoms with van der Waals surface area (Å²) in [4.78, 5) is 12.4. The van der Waals surface area contributed by atoms with E-state index in [9.17, 15) is 9.18 Å². The number of carbonyl (C=O) groups excluding carboxylic acids is 1. The van der Waals surface area contributed by atoms with Gasteiger partial charge in [0, 0.05) is 10.4 Å². The number of rotatable bonds is 2. The van der Waals surface area contributed by atoms with Crippen molar-refractivity contribution >= 4 is 34.6 Å². The molecule has 2 N–H and O–H groups in total. The van der Waals surface area contributed by atoms with Crippen LogP contribution in [0.3, 0.4) is 0 Å². The van der Waals surface area contributed by atoms with E-state index < -0.39 is 11.8 Å². The predicted octanol–water partition coefficient (Wildman–Crippen LogP) is 3.88. The van der Waals surface area contributed by atoms with Crippen molar-refractivity contribution in [3.8, 4) is 10.4 Å². The minimum absolute atomic E-state index is 0.258. The number of carbonyl (C=O) groups is 1. The van der Waals surface area contributed by atoms with E-state index in [-0.39, 0.29) is 15.5 Å². The Morgan fingerprint density at radius 3 is 2.74 bits per heavy atom. The number of thiophene rings is 1. The Morgan fingerprint density at radius 1 is 1.47 bits per heavy atom. The van der Waals surface area contributed by atoms with Gasteiger partial charge in [-0.2, -0.15) is 0 Å². The van der Waals surface area contributed by atoms with Gasteiger partial charge in [-0.05, 0) is 24.6 Å². The monoisotopic (exact) mass is 299 g/mol. The average Bonchev–Trinajstić information content (AvgIpc) is 2.66. The lowest BCUT2D eigenvalue weighted by Gasteiger charge is -2.04. The number of nitrogen functional groups attached to an aromatic ring is 1. The molecule has 0 radical (unpaired) electrons. The lowest BCUT2D eigenvalue weighted by molar-refractivity contribution is 0.0607. The highest BCUT2D eigenvalue weighted by Gasteiger charge is 2.22. The van der Waals surface area contributed by atoms with Gasteiger partial charge in [-0.15, -0.1) is 11.3 Å². The molecule has 1 aromatic carbocycles. The Hall–Kier alpha value is -1.59. The second kappa shape index (κ2) is 5.19. The van der Waals surface area contributed by atoms with Crippen molar-refractivity contribution in [1.29, 1.82) is 0 Å². The van der Waals surface area contributed by atoms with Crippen LogP contribution in [0.2, 0.25) is 5.02 Å². The van der Waals surface area contributed by atoms with Gasteiger partial charge in [0.25, 0.3) is 0 Å². The van der Waals surface area contributed by atoms with Crippen molar-refractivity contribution < 1.29 is 13.9 Å². The molecule has 0 aliphatic rings. The van der Waals surface area contributed by atoms with Crippen LogP contribution in [0.25, 0.3) is 10.4 Å². The SMILES string of the molecule is COC(=O)c1sc(-c2c(F)cccc2Cl)c(C)c1N. The van der Waals surface area contributed by atoms with Crippen LogP contribution in [0.1, 0.15) is 15.2 Å². The Kier molecular flexibility index (Phi) is 3.78. The van der Waals surface area contributed by atoms with Crippen LogP contribution in [0, 0.1) is 12.7 Å². The lowest BCUT2D eigenvalue weighted by atomic mass is 10.1. The van der Waals surface area contributed by atoms with E-state index in [1.807, 2.05) is 0 Å². The maximum absolute atomic E-state index is 13.9. The van der Waals surface area contributed by atoms with E-state index >= 15 is 0 Å². The second-order valence-corrected chi connectivity index (χ2v) is 5.32. The van der Waals surface area contributed by atoms with E-state index in [1.54, 1.807) is 13.0 Å². The van der Waals surface area contributed by atoms with E-state index in [2.05, 4.69) is 4.74 Å². The average molecular weight is 300 g/mol. The molecule has 6 heteroatoms. The number of benzene rings is 1. The quantitative estimate of drug-likeness (QED) is 0.856. The first kappa shape index (κ1) is 13.8. The lowest BCUT2D eigenvalue weighted by Crippen LogP contribution is -2.01. The summed E-state index contributed by atoms with van der Waals surface area (Å²) in [5.41, 5.74) is 7.04. The molecular weight excluding hydrogens is 289 g/mol. The first-order valence-electron chi connectivity index (χ1n) is 5.39. The molecule has 0 bridgehead atoms. The zero-order chi connectivity index (χ0) is 14.2. The summed E-state index contributed by atoms with van der Waals surface area (Å²) < 4.78 is 18.6. The highest BCUT2D eigenvalue weighted by molar-refractivity contribution is 7.18. The van der Waals surface area contributed by atoms with Gasteiger partial charge in [0.2, 0.25) is 0 Å². The number of anilines is 1. The summed E-state index contributed by atoms with van der Waals surface area (Å²) in [5, 5.41) is 0.278. The van der Waals surface area contributed by atoms with Crippen molar-refractivity contribution in [2.45, 2.75) is 6.92 Å². The largest absolute Gasteiger partial charge is 0.465 e. The minimum atomic E-state index is -0.538. The topological polar surface area (TPSA) is 52.3 Å². The smallest absolute Gasteiger partial charge is 0.350 e. The molecule has 3 nitrogen and oxygen atoms in total. The highest BCUT2D eigenvalue weighted by atomic mass is 35.5. The molecule has 0 saturated carbocycles. The summed E-state index contributed by atoms with van der Waals surface area (Å²) in [6.45, 7) is 1.72. The second-order valence-electron chi connectivity index (χ2n) is 3.89. The third kappa shape index (κ3) is 2.31. The van der Waals surface area contributed by atoms with Gasteiger partial charge in [0.15, 0.2) is 0 Å². The number of methoxy groups -OCH3 is 1. The normalized spacial score (nSPS) is 10.5. The van der Waals surface area contributed by atoms with Crippen molar-refractivity contribution in [2.75, 3.05) is 12.8 Å². The van der Waals surface area contributed by atoms with Crippen molar-refractivity contribution in [3.63, 3.8) is 0 Å². The Balaban J connectivity index is 2.68. The van der Waals surface area contributed by atoms with E-state index in [1.165, 1.54) is 19.2 Å². The van der Waals surface area contributed by atoms with Gasteiger partial charge >= 0.3 is 5.97 Å². The molecule has 1 heterocycles. The number of ether oxygens (including phenoxy) is 1. The molecular formula is C13H11ClFNO2S. The first-order chi connectivity index (χ1) is 8.97. The molecule has 0 atom stereocenters. The van der Waals surface area contributed by atoms with E-state index in [4.69, 9.17) is 17.3 Å². The molecule has 100 valence electrons. The van der Waals surface area contributed by atoms with Gasteiger partial charge in [0.05, 0.1) is 17.8 Å². The van der Waals surface area contributed by atoms with Gasteiger partial charge in [-0.3, -0.25) is 0 Å². The summed E-state index contributed by atoms with van der Waals surface area (Å²) in [6, 6.07) is 4.43. The van der Waals surface area contributed by atoms with Crippen LogP contribution in [-0.2, 0) is 4.74 Å². The van der Waals surface area contributed by atoms with Crippen LogP contribution >= 0.6 is 22.9 Å². The molecule has 1 aromatic heterocycles. The highest BCUT2D eigenvalue weighted by Crippen LogP contribution is 2.42. The third-order valence-electron chi connectivity index (χ3n) is 2.75. The molecule has 0 saturated heterocycles. The van der Waals surface area contributed by atoms with Crippen LogP contribution in [-0.4, -0.2) is 13.1 Å². The number of hydrogen-bond acceptors (Lipinski definition) is 4. The Bertz CT molecular complexity index is 634. The Labute approximate surface area is 118 Å². The number of nitrogens with two attached hydrogens (primary N) is 1. The zero-order valence-electron chi connectivity index (χ0n) is 10.3. The predicted molar refractivity (Wildman–Crippen MR) is 75.2 cm³/mol. The molecule has 2 aromatic rings. The fourth-order valence-electron chi connectivity index (χ4n) is 1.72. The van der Waals surface area contributed by atoms with Gasteiger partial charge in [-0.25, -0.2) is 9.18 Å². The van der Waals surface area contributed by atoms with Crippen LogP contribution in [0.15, 0.2) is 18.2 Å². The fourth-order valence-corrected chi connectivity index (χ4v) is 3.24. The molecule has 0 aliphatic carbocycles. The van der Waals surface area contributed by atoms with Crippen LogP contribution in [0.4, 0.5) is 10.1 Å². The van der Waals surface area contributed by atoms with Crippen molar-refractivity contribution in [3.05, 3.63) is 39.5 Å². The molecule has 0 spiro atoms. The number of esters is 1. The van der Waals surface area contributed by atoms with Crippen molar-refractivity contribution in [2.24, 2.45) is 0 Å². The van der Waals surface area contributed by atoms with Crippen LogP contribution in [0.5, 0.6) is 0 Å². The standard InChI is InChI=1S/C13H11ClFNO2S/c1-6-10(16)12(13(17)18-2)19-11(6)9-7(14)4-3-5-8(9)15/h3-5H,16H2,1-2H3. The maximum atomic E-state index is 13.9. The summed E-state index contributed by atoms with van der Waals surface area (Å²) in [7, 11) is 1.27. The fraction of sp³-hybridized carbons (Fsp3) is 0.154. The number of hydrogen-bond donors (Lipinski definition) is 1. The van der Waals surface area contributed by atoms with Crippen molar-refractivity contribution in [1.82, 2.24) is 0 Å². The molecule has 0 amide bonds. The summed E-state index contributed by atoms with van der Waals surface area (Å²) in [6.07, 6.45) is 0. The van der Waals surface area contributed by atoms with Crippen LogP contribution < -0.4 is 5.73 Å². The molecule has 0 unspecified atom stereocenters. The summed E-state index contributed by atoms with van der Waals surface area (Å²) in [5.74, 6) is -0.988. The summed E-state index contributed by atoms with van der Waals surface area (Å²) >= 11 is 7.10. The third-order valence-corrected chi connectivity index (χ3v) is 4.37. The van der Waals surface area contributed by atoms with Gasteiger partial charge in [0.1, 0.15) is 10.7 Å². The molecule has 19 heavy (non-hydrogen) atoms. The molecule has 0 fully saturated rings. The zero-order valence-corrected chi connectivity index (χ0v) is 11.9. The minimum Gasteiger partial charge on any atom is -0.465 e. The van der Waals surface area contributed by atoms with E-state index in [0.717, 1.165) is 11.3 Å². The molecule has 0 aliphatic heterocycles. The first-order valence-corrected chi connectivity index (χ1v) is 6.58. The van der Waals surface area contributed by atoms with Gasteiger partial charge < -0.3 is 10.5 Å². The van der Waals surface area contributed by atoms with E-state index in [0.29, 0.717) is 16.1 Å². The number of halogens is 2. The van der Waals surface area contributed by atoms with Gasteiger partial charge in [-0.1, -0.05) is 17.7 Å². The Morgan fingerprint density at radius 2 is 2.16 bits per heavy atom. The molecule has 2 rings (SSSR count).